The van der Waals surface area contributed by atoms with E-state index < -0.39 is 0 Å². The first-order valence-corrected chi connectivity index (χ1v) is 5.36. The van der Waals surface area contributed by atoms with E-state index >= 15 is 0 Å². The minimum atomic E-state index is 0.178. The van der Waals surface area contributed by atoms with Crippen molar-refractivity contribution in [1.82, 2.24) is 4.90 Å². The van der Waals surface area contributed by atoms with Gasteiger partial charge in [-0.15, -0.1) is 0 Å². The van der Waals surface area contributed by atoms with Crippen LogP contribution in [0.1, 0.15) is 43.0 Å². The summed E-state index contributed by atoms with van der Waals surface area (Å²) in [5, 5.41) is 0. The van der Waals surface area contributed by atoms with Crippen molar-refractivity contribution in [3.05, 3.63) is 29.3 Å². The molecule has 1 fully saturated rings. The van der Waals surface area contributed by atoms with Gasteiger partial charge in [0.05, 0.1) is 12.1 Å². The molecule has 3 heteroatoms. The van der Waals surface area contributed by atoms with E-state index in [0.717, 1.165) is 18.5 Å². The number of hydrogen-bond donors (Lipinski definition) is 1. The van der Waals surface area contributed by atoms with Crippen LogP contribution in [-0.2, 0) is 4.79 Å². The molecule has 1 amide bonds. The fraction of sp³-hybridized carbons (Fsp3) is 0.417. The standard InChI is InChI=1S/C12H14N2O/c1-7(15)14-11-4-5-12(14)10-6-8(13)2-3-9(10)11/h2-3,6,11-12H,4-5,13H2,1H3. The molecule has 2 N–H and O–H groups in total. The lowest BCUT2D eigenvalue weighted by molar-refractivity contribution is -0.131. The molecular weight excluding hydrogens is 188 g/mol. The number of nitrogens with zero attached hydrogens (tertiary/aromatic N) is 1. The Bertz CT molecular complexity index is 441. The largest absolute Gasteiger partial charge is 0.399 e. The zero-order chi connectivity index (χ0) is 10.6. The average Bonchev–Trinajstić information content (AvgIpc) is 2.72. The molecule has 1 saturated heterocycles. The van der Waals surface area contributed by atoms with Gasteiger partial charge in [-0.05, 0) is 36.1 Å². The van der Waals surface area contributed by atoms with Gasteiger partial charge in [0, 0.05) is 12.6 Å². The Morgan fingerprint density at radius 3 is 2.67 bits per heavy atom. The fourth-order valence-corrected chi connectivity index (χ4v) is 3.05. The predicted molar refractivity (Wildman–Crippen MR) is 58.1 cm³/mol. The lowest BCUT2D eigenvalue weighted by atomic mass is 9.91. The summed E-state index contributed by atoms with van der Waals surface area (Å²) < 4.78 is 0. The molecule has 1 aromatic carbocycles. The molecule has 0 aromatic heterocycles. The van der Waals surface area contributed by atoms with Gasteiger partial charge in [0.2, 0.25) is 5.91 Å². The number of benzene rings is 1. The second kappa shape index (κ2) is 2.75. The first-order valence-electron chi connectivity index (χ1n) is 5.36. The second-order valence-corrected chi connectivity index (χ2v) is 4.42. The molecule has 1 aromatic rings. The molecule has 2 unspecified atom stereocenters. The number of carbonyl (C=O) groups is 1. The van der Waals surface area contributed by atoms with Gasteiger partial charge in [-0.1, -0.05) is 6.07 Å². The van der Waals surface area contributed by atoms with Crippen LogP contribution in [0.3, 0.4) is 0 Å². The third kappa shape index (κ3) is 1.03. The zero-order valence-electron chi connectivity index (χ0n) is 8.73. The van der Waals surface area contributed by atoms with Crippen LogP contribution < -0.4 is 5.73 Å². The Morgan fingerprint density at radius 1 is 1.33 bits per heavy atom. The van der Waals surface area contributed by atoms with Gasteiger partial charge < -0.3 is 10.6 Å². The van der Waals surface area contributed by atoms with Crippen LogP contribution >= 0.6 is 0 Å². The molecule has 3 rings (SSSR count). The summed E-state index contributed by atoms with van der Waals surface area (Å²) in [6, 6.07) is 6.62. The SMILES string of the molecule is CC(=O)N1C2CCC1c1cc(N)ccc12. The Balaban J connectivity index is 2.13. The summed E-state index contributed by atoms with van der Waals surface area (Å²) in [4.78, 5) is 13.6. The minimum Gasteiger partial charge on any atom is -0.399 e. The molecule has 0 radical (unpaired) electrons. The summed E-state index contributed by atoms with van der Waals surface area (Å²) in [6.07, 6.45) is 2.18. The van der Waals surface area contributed by atoms with Crippen molar-refractivity contribution in [3.8, 4) is 0 Å². The third-order valence-electron chi connectivity index (χ3n) is 3.58. The van der Waals surface area contributed by atoms with Crippen LogP contribution in [0.25, 0.3) is 0 Å². The number of rotatable bonds is 0. The maximum Gasteiger partial charge on any atom is 0.220 e. The van der Waals surface area contributed by atoms with E-state index in [-0.39, 0.29) is 11.9 Å². The first-order chi connectivity index (χ1) is 7.18. The summed E-state index contributed by atoms with van der Waals surface area (Å²) in [6.45, 7) is 1.65. The van der Waals surface area contributed by atoms with Crippen molar-refractivity contribution < 1.29 is 4.79 Å². The van der Waals surface area contributed by atoms with Gasteiger partial charge in [0.1, 0.15) is 0 Å². The van der Waals surface area contributed by atoms with E-state index in [9.17, 15) is 4.79 Å². The molecule has 3 nitrogen and oxygen atoms in total. The molecule has 0 spiro atoms. The van der Waals surface area contributed by atoms with Crippen LogP contribution in [0.4, 0.5) is 5.69 Å². The molecule has 2 atom stereocenters. The Labute approximate surface area is 88.9 Å². The highest BCUT2D eigenvalue weighted by molar-refractivity contribution is 5.76. The van der Waals surface area contributed by atoms with E-state index in [2.05, 4.69) is 6.07 Å². The molecular formula is C12H14N2O. The number of fused-ring (bicyclic) bond motifs is 5. The van der Waals surface area contributed by atoms with Gasteiger partial charge in [-0.25, -0.2) is 0 Å². The smallest absolute Gasteiger partial charge is 0.220 e. The number of hydrogen-bond acceptors (Lipinski definition) is 2. The van der Waals surface area contributed by atoms with Gasteiger partial charge in [0.25, 0.3) is 0 Å². The van der Waals surface area contributed by atoms with Crippen molar-refractivity contribution in [2.45, 2.75) is 31.8 Å². The molecule has 2 heterocycles. The molecule has 2 aliphatic heterocycles. The lowest BCUT2D eigenvalue weighted by Gasteiger charge is -2.20. The fourth-order valence-electron chi connectivity index (χ4n) is 3.05. The van der Waals surface area contributed by atoms with Crippen molar-refractivity contribution in [1.29, 1.82) is 0 Å². The van der Waals surface area contributed by atoms with E-state index in [1.54, 1.807) is 6.92 Å². The number of amides is 1. The van der Waals surface area contributed by atoms with E-state index in [1.165, 1.54) is 11.1 Å². The lowest BCUT2D eigenvalue weighted by Crippen LogP contribution is -2.24. The monoisotopic (exact) mass is 202 g/mol. The maximum atomic E-state index is 11.6. The first kappa shape index (κ1) is 8.77. The summed E-state index contributed by atoms with van der Waals surface area (Å²) in [7, 11) is 0. The predicted octanol–water partition coefficient (Wildman–Crippen LogP) is 2.01. The van der Waals surface area contributed by atoms with E-state index in [0.29, 0.717) is 6.04 Å². The summed E-state index contributed by atoms with van der Waals surface area (Å²) in [5.41, 5.74) is 9.14. The van der Waals surface area contributed by atoms with Crippen molar-refractivity contribution in [3.63, 3.8) is 0 Å². The average molecular weight is 202 g/mol. The Morgan fingerprint density at radius 2 is 2.00 bits per heavy atom. The molecule has 2 aliphatic rings. The summed E-state index contributed by atoms with van der Waals surface area (Å²) in [5.74, 6) is 0.178. The molecule has 0 saturated carbocycles. The second-order valence-electron chi connectivity index (χ2n) is 4.42. The topological polar surface area (TPSA) is 46.3 Å². The van der Waals surface area contributed by atoms with Crippen molar-refractivity contribution in [2.24, 2.45) is 0 Å². The van der Waals surface area contributed by atoms with E-state index in [4.69, 9.17) is 5.73 Å². The maximum absolute atomic E-state index is 11.6. The number of anilines is 1. The third-order valence-corrected chi connectivity index (χ3v) is 3.58. The molecule has 0 aliphatic carbocycles. The van der Waals surface area contributed by atoms with Crippen LogP contribution in [0.5, 0.6) is 0 Å². The highest BCUT2D eigenvalue weighted by Crippen LogP contribution is 2.53. The van der Waals surface area contributed by atoms with Gasteiger partial charge >= 0.3 is 0 Å². The highest BCUT2D eigenvalue weighted by Gasteiger charge is 2.44. The van der Waals surface area contributed by atoms with Gasteiger partial charge in [0.15, 0.2) is 0 Å². The molecule has 2 bridgehead atoms. The molecule has 15 heavy (non-hydrogen) atoms. The normalized spacial score (nSPS) is 26.9. The van der Waals surface area contributed by atoms with Crippen LogP contribution in [0, 0.1) is 0 Å². The minimum absolute atomic E-state index is 0.178. The Hall–Kier alpha value is -1.51. The van der Waals surface area contributed by atoms with Crippen LogP contribution in [-0.4, -0.2) is 10.8 Å². The van der Waals surface area contributed by atoms with Crippen LogP contribution in [0.2, 0.25) is 0 Å². The van der Waals surface area contributed by atoms with E-state index in [1.807, 2.05) is 17.0 Å². The van der Waals surface area contributed by atoms with Crippen molar-refractivity contribution >= 4 is 11.6 Å². The number of nitrogen functional groups attached to an aromatic ring is 1. The molecule has 78 valence electrons. The Kier molecular flexibility index (Phi) is 1.61. The van der Waals surface area contributed by atoms with Crippen molar-refractivity contribution in [2.75, 3.05) is 5.73 Å². The van der Waals surface area contributed by atoms with Gasteiger partial charge in [-0.2, -0.15) is 0 Å². The highest BCUT2D eigenvalue weighted by atomic mass is 16.2. The van der Waals surface area contributed by atoms with Gasteiger partial charge in [-0.3, -0.25) is 4.79 Å². The zero-order valence-corrected chi connectivity index (χ0v) is 8.73. The number of nitrogens with two attached hydrogens (primary N) is 1. The van der Waals surface area contributed by atoms with Crippen LogP contribution in [0.15, 0.2) is 18.2 Å². The number of carbonyl (C=O) groups excluding carboxylic acids is 1. The quantitative estimate of drug-likeness (QED) is 0.654. The summed E-state index contributed by atoms with van der Waals surface area (Å²) >= 11 is 0.